The van der Waals surface area contributed by atoms with Crippen molar-refractivity contribution >= 4 is 5.69 Å². The van der Waals surface area contributed by atoms with Gasteiger partial charge in [-0.1, -0.05) is 12.1 Å². The first-order valence-electron chi connectivity index (χ1n) is 7.34. The van der Waals surface area contributed by atoms with E-state index in [9.17, 15) is 0 Å². The van der Waals surface area contributed by atoms with Crippen molar-refractivity contribution in [2.45, 2.75) is 18.9 Å². The zero-order chi connectivity index (χ0) is 14.6. The fourth-order valence-corrected chi connectivity index (χ4v) is 2.77. The van der Waals surface area contributed by atoms with Gasteiger partial charge in [-0.05, 0) is 31.0 Å². The molecule has 1 fully saturated rings. The molecule has 112 valence electrons. The summed E-state index contributed by atoms with van der Waals surface area (Å²) in [7, 11) is 4.12. The van der Waals surface area contributed by atoms with Gasteiger partial charge in [0.25, 0.3) is 0 Å². The first-order valence-corrected chi connectivity index (χ1v) is 7.34. The minimum atomic E-state index is 0.0173. The van der Waals surface area contributed by atoms with Gasteiger partial charge in [0.1, 0.15) is 0 Å². The molecule has 0 bridgehead atoms. The van der Waals surface area contributed by atoms with E-state index in [4.69, 9.17) is 10.5 Å². The Labute approximate surface area is 122 Å². The van der Waals surface area contributed by atoms with E-state index >= 15 is 0 Å². The molecule has 4 nitrogen and oxygen atoms in total. The quantitative estimate of drug-likeness (QED) is 0.882. The van der Waals surface area contributed by atoms with E-state index in [2.05, 4.69) is 55.1 Å². The van der Waals surface area contributed by atoms with Crippen LogP contribution >= 0.6 is 0 Å². The molecule has 1 aliphatic heterocycles. The molecule has 1 aromatic carbocycles. The predicted molar refractivity (Wildman–Crippen MR) is 84.3 cm³/mol. The number of hydrogen-bond acceptors (Lipinski definition) is 4. The monoisotopic (exact) mass is 277 g/mol. The summed E-state index contributed by atoms with van der Waals surface area (Å²) in [4.78, 5) is 4.59. The number of nitrogens with two attached hydrogens (primary N) is 1. The number of nitrogens with zero attached hydrogens (tertiary/aromatic N) is 2. The number of benzene rings is 1. The third kappa shape index (κ3) is 3.51. The molecule has 1 aromatic rings. The molecule has 0 saturated carbocycles. The number of ether oxygens (including phenoxy) is 1. The minimum absolute atomic E-state index is 0.0173. The van der Waals surface area contributed by atoms with Crippen molar-refractivity contribution in [2.75, 3.05) is 51.8 Å². The lowest BCUT2D eigenvalue weighted by molar-refractivity contribution is -0.0132. The molecule has 20 heavy (non-hydrogen) atoms. The zero-order valence-electron chi connectivity index (χ0n) is 12.9. The second-order valence-electron chi connectivity index (χ2n) is 6.04. The first-order chi connectivity index (χ1) is 9.55. The third-order valence-electron chi connectivity index (χ3n) is 4.25. The summed E-state index contributed by atoms with van der Waals surface area (Å²) in [5.41, 5.74) is 8.66. The highest BCUT2D eigenvalue weighted by atomic mass is 16.5. The average molecular weight is 277 g/mol. The van der Waals surface area contributed by atoms with Crippen LogP contribution in [-0.2, 0) is 11.2 Å². The molecule has 4 heteroatoms. The van der Waals surface area contributed by atoms with Crippen LogP contribution in [0.25, 0.3) is 0 Å². The van der Waals surface area contributed by atoms with E-state index in [0.29, 0.717) is 6.54 Å². The fourth-order valence-electron chi connectivity index (χ4n) is 2.77. The molecule has 1 saturated heterocycles. The van der Waals surface area contributed by atoms with Crippen LogP contribution in [0, 0.1) is 0 Å². The minimum Gasteiger partial charge on any atom is -0.379 e. The van der Waals surface area contributed by atoms with Crippen LogP contribution in [0.3, 0.4) is 0 Å². The maximum atomic E-state index is 6.07. The first kappa shape index (κ1) is 15.3. The molecule has 1 aliphatic rings. The molecule has 0 radical (unpaired) electrons. The number of hydrogen-bond donors (Lipinski definition) is 1. The SMILES string of the molecule is CN(C)c1ccc(CC(C)(CN)N2CCOCC2)cc1. The molecule has 1 heterocycles. The Bertz CT molecular complexity index is 412. The predicted octanol–water partition coefficient (Wildman–Crippen LogP) is 1.34. The summed E-state index contributed by atoms with van der Waals surface area (Å²) in [5, 5.41) is 0. The Morgan fingerprint density at radius 2 is 1.80 bits per heavy atom. The average Bonchev–Trinajstić information content (AvgIpc) is 2.48. The molecule has 1 atom stereocenters. The van der Waals surface area contributed by atoms with E-state index in [-0.39, 0.29) is 5.54 Å². The van der Waals surface area contributed by atoms with Gasteiger partial charge >= 0.3 is 0 Å². The van der Waals surface area contributed by atoms with Gasteiger partial charge in [0.2, 0.25) is 0 Å². The van der Waals surface area contributed by atoms with E-state index in [1.807, 2.05) is 0 Å². The Morgan fingerprint density at radius 3 is 2.30 bits per heavy atom. The van der Waals surface area contributed by atoms with Crippen LogP contribution < -0.4 is 10.6 Å². The van der Waals surface area contributed by atoms with Crippen LogP contribution in [0.5, 0.6) is 0 Å². The Kier molecular flexibility index (Phi) is 5.02. The molecular weight excluding hydrogens is 250 g/mol. The Balaban J connectivity index is 2.08. The highest BCUT2D eigenvalue weighted by Crippen LogP contribution is 2.22. The van der Waals surface area contributed by atoms with Gasteiger partial charge in [-0.3, -0.25) is 4.90 Å². The fraction of sp³-hybridized carbons (Fsp3) is 0.625. The number of rotatable bonds is 5. The molecule has 0 amide bonds. The lowest BCUT2D eigenvalue weighted by Gasteiger charge is -2.43. The van der Waals surface area contributed by atoms with Gasteiger partial charge in [-0.15, -0.1) is 0 Å². The lowest BCUT2D eigenvalue weighted by atomic mass is 9.90. The zero-order valence-corrected chi connectivity index (χ0v) is 12.9. The van der Waals surface area contributed by atoms with E-state index < -0.39 is 0 Å². The second-order valence-corrected chi connectivity index (χ2v) is 6.04. The molecule has 0 spiro atoms. The standard InChI is InChI=1S/C16H27N3O/c1-16(13-17,19-8-10-20-11-9-19)12-14-4-6-15(7-5-14)18(2)3/h4-7H,8-13,17H2,1-3H3. The summed E-state index contributed by atoms with van der Waals surface area (Å²) in [5.74, 6) is 0. The summed E-state index contributed by atoms with van der Waals surface area (Å²) in [6.45, 7) is 6.51. The Morgan fingerprint density at radius 1 is 1.20 bits per heavy atom. The topological polar surface area (TPSA) is 41.7 Å². The van der Waals surface area contributed by atoms with Gasteiger partial charge < -0.3 is 15.4 Å². The molecular formula is C16H27N3O. The van der Waals surface area contributed by atoms with Crippen molar-refractivity contribution in [1.82, 2.24) is 4.90 Å². The Hall–Kier alpha value is -1.10. The lowest BCUT2D eigenvalue weighted by Crippen LogP contribution is -2.56. The van der Waals surface area contributed by atoms with Gasteiger partial charge in [0.15, 0.2) is 0 Å². The van der Waals surface area contributed by atoms with Crippen LogP contribution in [0.1, 0.15) is 12.5 Å². The van der Waals surface area contributed by atoms with Crippen LogP contribution in [0.4, 0.5) is 5.69 Å². The van der Waals surface area contributed by atoms with Gasteiger partial charge in [-0.2, -0.15) is 0 Å². The number of morpholine rings is 1. The maximum absolute atomic E-state index is 6.07. The summed E-state index contributed by atoms with van der Waals surface area (Å²) < 4.78 is 5.44. The van der Waals surface area contributed by atoms with Crippen molar-refractivity contribution in [1.29, 1.82) is 0 Å². The van der Waals surface area contributed by atoms with Crippen molar-refractivity contribution in [3.63, 3.8) is 0 Å². The number of anilines is 1. The highest BCUT2D eigenvalue weighted by molar-refractivity contribution is 5.46. The molecule has 0 aliphatic carbocycles. The second kappa shape index (κ2) is 6.57. The molecule has 1 unspecified atom stereocenters. The molecule has 2 N–H and O–H groups in total. The van der Waals surface area contributed by atoms with Gasteiger partial charge in [-0.25, -0.2) is 0 Å². The van der Waals surface area contributed by atoms with Crippen LogP contribution in [-0.4, -0.2) is 57.4 Å². The van der Waals surface area contributed by atoms with E-state index in [0.717, 1.165) is 32.7 Å². The smallest absolute Gasteiger partial charge is 0.0594 e. The van der Waals surface area contributed by atoms with Crippen LogP contribution in [0.2, 0.25) is 0 Å². The largest absolute Gasteiger partial charge is 0.379 e. The van der Waals surface area contributed by atoms with Crippen molar-refractivity contribution in [3.05, 3.63) is 29.8 Å². The summed E-state index contributed by atoms with van der Waals surface area (Å²) in [6, 6.07) is 8.77. The van der Waals surface area contributed by atoms with Crippen LogP contribution in [0.15, 0.2) is 24.3 Å². The van der Waals surface area contributed by atoms with Gasteiger partial charge in [0, 0.05) is 45.0 Å². The van der Waals surface area contributed by atoms with Gasteiger partial charge in [0.05, 0.1) is 13.2 Å². The van der Waals surface area contributed by atoms with E-state index in [1.165, 1.54) is 11.3 Å². The van der Waals surface area contributed by atoms with Crippen molar-refractivity contribution < 1.29 is 4.74 Å². The van der Waals surface area contributed by atoms with E-state index in [1.54, 1.807) is 0 Å². The molecule has 0 aromatic heterocycles. The third-order valence-corrected chi connectivity index (χ3v) is 4.25. The van der Waals surface area contributed by atoms with Crippen molar-refractivity contribution in [3.8, 4) is 0 Å². The summed E-state index contributed by atoms with van der Waals surface area (Å²) in [6.07, 6.45) is 0.983. The van der Waals surface area contributed by atoms with Crippen molar-refractivity contribution in [2.24, 2.45) is 5.73 Å². The summed E-state index contributed by atoms with van der Waals surface area (Å²) >= 11 is 0. The highest BCUT2D eigenvalue weighted by Gasteiger charge is 2.31. The maximum Gasteiger partial charge on any atom is 0.0594 e. The normalized spacial score (nSPS) is 19.6. The molecule has 2 rings (SSSR count).